The van der Waals surface area contributed by atoms with E-state index in [1.165, 1.54) is 0 Å². The topological polar surface area (TPSA) is 117 Å². The number of amides is 2. The van der Waals surface area contributed by atoms with Gasteiger partial charge in [0.05, 0.1) is 12.2 Å². The standard InChI is InChI=1S/C16H32N2O6/c1-15(2,3)23-13(21)17-9-11(19)7-8-12(20)10-18-14(22)24-16(4,5)6/h11-12,19-20H,7-10H2,1-6H3,(H,17,21)(H,18,22)/t11-,12+. The predicted molar refractivity (Wildman–Crippen MR) is 89.7 cm³/mol. The first-order chi connectivity index (χ1) is 10.8. The minimum atomic E-state index is -0.811. The second-order valence-electron chi connectivity index (χ2n) is 7.65. The highest BCUT2D eigenvalue weighted by atomic mass is 16.6. The second kappa shape index (κ2) is 9.68. The quantitative estimate of drug-likeness (QED) is 0.554. The van der Waals surface area contributed by atoms with Crippen molar-refractivity contribution >= 4 is 12.2 Å². The first-order valence-corrected chi connectivity index (χ1v) is 8.08. The molecule has 2 atom stereocenters. The number of carbonyl (C=O) groups excluding carboxylic acids is 2. The zero-order chi connectivity index (χ0) is 19.0. The molecule has 4 N–H and O–H groups in total. The molecule has 0 aliphatic heterocycles. The molecule has 0 spiro atoms. The van der Waals surface area contributed by atoms with Gasteiger partial charge in [0, 0.05) is 13.1 Å². The summed E-state index contributed by atoms with van der Waals surface area (Å²) >= 11 is 0. The normalized spacial score (nSPS) is 14.5. The summed E-state index contributed by atoms with van der Waals surface area (Å²) in [5.74, 6) is 0. The van der Waals surface area contributed by atoms with Crippen LogP contribution in [0.5, 0.6) is 0 Å². The lowest BCUT2D eigenvalue weighted by Gasteiger charge is -2.21. The number of alkyl carbamates (subject to hydrolysis) is 2. The molecule has 0 heterocycles. The number of nitrogens with one attached hydrogen (secondary N) is 2. The fourth-order valence-electron chi connectivity index (χ4n) is 1.62. The lowest BCUT2D eigenvalue weighted by atomic mass is 10.1. The van der Waals surface area contributed by atoms with Crippen LogP contribution in [0.2, 0.25) is 0 Å². The van der Waals surface area contributed by atoms with E-state index in [2.05, 4.69) is 10.6 Å². The molecule has 0 aromatic rings. The number of hydrogen-bond donors (Lipinski definition) is 4. The van der Waals surface area contributed by atoms with Gasteiger partial charge in [-0.1, -0.05) is 0 Å². The fourth-order valence-corrected chi connectivity index (χ4v) is 1.62. The van der Waals surface area contributed by atoms with Crippen LogP contribution in [-0.4, -0.2) is 58.9 Å². The monoisotopic (exact) mass is 348 g/mol. The summed E-state index contributed by atoms with van der Waals surface area (Å²) < 4.78 is 10.1. The van der Waals surface area contributed by atoms with Crippen molar-refractivity contribution in [3.8, 4) is 0 Å². The Morgan fingerprint density at radius 3 is 1.33 bits per heavy atom. The van der Waals surface area contributed by atoms with E-state index in [4.69, 9.17) is 9.47 Å². The summed E-state index contributed by atoms with van der Waals surface area (Å²) in [5, 5.41) is 24.5. The number of rotatable bonds is 7. The molecule has 0 aliphatic rings. The average molecular weight is 348 g/mol. The Bertz CT molecular complexity index is 362. The van der Waals surface area contributed by atoms with Crippen LogP contribution in [0.3, 0.4) is 0 Å². The number of aliphatic hydroxyl groups excluding tert-OH is 2. The molecule has 0 unspecified atom stereocenters. The Balaban J connectivity index is 3.88. The molecule has 0 rings (SSSR count). The molecule has 8 nitrogen and oxygen atoms in total. The number of aliphatic hydroxyl groups is 2. The van der Waals surface area contributed by atoms with Crippen LogP contribution in [0.25, 0.3) is 0 Å². The van der Waals surface area contributed by atoms with Gasteiger partial charge >= 0.3 is 12.2 Å². The molecule has 0 saturated carbocycles. The van der Waals surface area contributed by atoms with Gasteiger partial charge in [-0.05, 0) is 54.4 Å². The Labute approximate surface area is 143 Å². The molecule has 0 fully saturated rings. The Morgan fingerprint density at radius 1 is 0.792 bits per heavy atom. The smallest absolute Gasteiger partial charge is 0.407 e. The molecule has 0 aliphatic carbocycles. The summed E-state index contributed by atoms with van der Waals surface area (Å²) in [4.78, 5) is 22.9. The Kier molecular flexibility index (Phi) is 9.06. The third kappa shape index (κ3) is 14.1. The van der Waals surface area contributed by atoms with E-state index in [9.17, 15) is 19.8 Å². The van der Waals surface area contributed by atoms with E-state index in [1.54, 1.807) is 41.5 Å². The molecular weight excluding hydrogens is 316 g/mol. The van der Waals surface area contributed by atoms with E-state index in [0.717, 1.165) is 0 Å². The van der Waals surface area contributed by atoms with E-state index < -0.39 is 35.6 Å². The third-order valence-electron chi connectivity index (χ3n) is 2.59. The van der Waals surface area contributed by atoms with Gasteiger partial charge < -0.3 is 30.3 Å². The van der Waals surface area contributed by atoms with Crippen LogP contribution in [0.1, 0.15) is 54.4 Å². The highest BCUT2D eigenvalue weighted by Gasteiger charge is 2.18. The molecule has 142 valence electrons. The first-order valence-electron chi connectivity index (χ1n) is 8.08. The molecule has 0 radical (unpaired) electrons. The molecule has 8 heteroatoms. The molecule has 0 bridgehead atoms. The van der Waals surface area contributed by atoms with Gasteiger partial charge in [-0.3, -0.25) is 0 Å². The highest BCUT2D eigenvalue weighted by molar-refractivity contribution is 5.68. The fraction of sp³-hybridized carbons (Fsp3) is 0.875. The second-order valence-corrected chi connectivity index (χ2v) is 7.65. The minimum absolute atomic E-state index is 0.0289. The van der Waals surface area contributed by atoms with Crippen LogP contribution in [0.4, 0.5) is 9.59 Å². The van der Waals surface area contributed by atoms with Gasteiger partial charge in [0.25, 0.3) is 0 Å². The van der Waals surface area contributed by atoms with E-state index in [1.807, 2.05) is 0 Å². The molecule has 24 heavy (non-hydrogen) atoms. The largest absolute Gasteiger partial charge is 0.444 e. The van der Waals surface area contributed by atoms with Crippen molar-refractivity contribution in [2.24, 2.45) is 0 Å². The number of ether oxygens (including phenoxy) is 2. The van der Waals surface area contributed by atoms with Crippen molar-refractivity contribution in [3.05, 3.63) is 0 Å². The van der Waals surface area contributed by atoms with Gasteiger partial charge in [0.1, 0.15) is 11.2 Å². The number of carbonyl (C=O) groups is 2. The van der Waals surface area contributed by atoms with Gasteiger partial charge in [-0.2, -0.15) is 0 Å². The van der Waals surface area contributed by atoms with Crippen molar-refractivity contribution in [1.29, 1.82) is 0 Å². The van der Waals surface area contributed by atoms with Gasteiger partial charge in [-0.15, -0.1) is 0 Å². The van der Waals surface area contributed by atoms with Crippen LogP contribution in [0.15, 0.2) is 0 Å². The minimum Gasteiger partial charge on any atom is -0.444 e. The maximum Gasteiger partial charge on any atom is 0.407 e. The molecular formula is C16H32N2O6. The van der Waals surface area contributed by atoms with Gasteiger partial charge in [-0.25, -0.2) is 9.59 Å². The molecule has 2 amide bonds. The van der Waals surface area contributed by atoms with Gasteiger partial charge in [0.2, 0.25) is 0 Å². The maximum absolute atomic E-state index is 11.4. The van der Waals surface area contributed by atoms with E-state index >= 15 is 0 Å². The zero-order valence-electron chi connectivity index (χ0n) is 15.5. The van der Waals surface area contributed by atoms with E-state index in [-0.39, 0.29) is 25.9 Å². The molecule has 0 aromatic heterocycles. The van der Waals surface area contributed by atoms with Crippen LogP contribution >= 0.6 is 0 Å². The summed E-state index contributed by atoms with van der Waals surface area (Å²) in [5.41, 5.74) is -1.20. The third-order valence-corrected chi connectivity index (χ3v) is 2.59. The Hall–Kier alpha value is -1.54. The molecule has 0 aromatic carbocycles. The van der Waals surface area contributed by atoms with Crippen LogP contribution in [0, 0.1) is 0 Å². The summed E-state index contributed by atoms with van der Waals surface area (Å²) in [6, 6.07) is 0. The van der Waals surface area contributed by atoms with Crippen LogP contribution < -0.4 is 10.6 Å². The molecule has 0 saturated heterocycles. The summed E-state index contributed by atoms with van der Waals surface area (Å²) in [7, 11) is 0. The highest BCUT2D eigenvalue weighted by Crippen LogP contribution is 2.08. The van der Waals surface area contributed by atoms with Crippen molar-refractivity contribution < 1.29 is 29.3 Å². The average Bonchev–Trinajstić information content (AvgIpc) is 2.36. The summed E-state index contributed by atoms with van der Waals surface area (Å²) in [6.07, 6.45) is -2.29. The maximum atomic E-state index is 11.4. The zero-order valence-corrected chi connectivity index (χ0v) is 15.5. The van der Waals surface area contributed by atoms with Crippen molar-refractivity contribution in [2.45, 2.75) is 77.8 Å². The van der Waals surface area contributed by atoms with E-state index in [0.29, 0.717) is 0 Å². The van der Waals surface area contributed by atoms with Gasteiger partial charge in [0.15, 0.2) is 0 Å². The Morgan fingerprint density at radius 2 is 1.08 bits per heavy atom. The van der Waals surface area contributed by atoms with Crippen LogP contribution in [-0.2, 0) is 9.47 Å². The number of hydrogen-bond acceptors (Lipinski definition) is 6. The summed E-state index contributed by atoms with van der Waals surface area (Å²) in [6.45, 7) is 10.5. The van der Waals surface area contributed by atoms with Crippen molar-refractivity contribution in [1.82, 2.24) is 10.6 Å². The first kappa shape index (κ1) is 22.5. The SMILES string of the molecule is CC(C)(C)OC(=O)NC[C@H](O)CC[C@H](O)CNC(=O)OC(C)(C)C. The lowest BCUT2D eigenvalue weighted by molar-refractivity contribution is 0.0447. The predicted octanol–water partition coefficient (Wildman–Crippen LogP) is 1.54. The van der Waals surface area contributed by atoms with Crippen molar-refractivity contribution in [2.75, 3.05) is 13.1 Å². The van der Waals surface area contributed by atoms with Crippen molar-refractivity contribution in [3.63, 3.8) is 0 Å². The lowest BCUT2D eigenvalue weighted by Crippen LogP contribution is -2.38.